The monoisotopic (exact) mass is 247 g/mol. The van der Waals surface area contributed by atoms with Gasteiger partial charge < -0.3 is 5.32 Å². The molecule has 2 heteroatoms. The fourth-order valence-corrected chi connectivity index (χ4v) is 4.25. The van der Waals surface area contributed by atoms with E-state index in [2.05, 4.69) is 26.1 Å². The van der Waals surface area contributed by atoms with Crippen LogP contribution in [0.15, 0.2) is 11.3 Å². The van der Waals surface area contributed by atoms with E-state index in [-0.39, 0.29) is 0 Å². The molecule has 2 unspecified atom stereocenters. The van der Waals surface area contributed by atoms with Crippen LogP contribution in [0.3, 0.4) is 0 Å². The van der Waals surface area contributed by atoms with Gasteiger partial charge in [0.15, 0.2) is 5.78 Å². The SMILES string of the molecule is CC(NC1CCCCC1)=C1C(=O)CC2C1C2(C)C. The van der Waals surface area contributed by atoms with Crippen LogP contribution in [-0.2, 0) is 4.79 Å². The Balaban J connectivity index is 1.74. The van der Waals surface area contributed by atoms with Gasteiger partial charge in [-0.15, -0.1) is 0 Å². The molecule has 0 aromatic carbocycles. The minimum absolute atomic E-state index is 0.374. The molecule has 3 fully saturated rings. The summed E-state index contributed by atoms with van der Waals surface area (Å²) in [4.78, 5) is 12.1. The van der Waals surface area contributed by atoms with Crippen LogP contribution in [0, 0.1) is 17.3 Å². The van der Waals surface area contributed by atoms with Crippen LogP contribution in [-0.4, -0.2) is 11.8 Å². The van der Waals surface area contributed by atoms with Crippen molar-refractivity contribution < 1.29 is 4.79 Å². The zero-order valence-electron chi connectivity index (χ0n) is 11.9. The molecule has 0 saturated heterocycles. The van der Waals surface area contributed by atoms with E-state index in [1.807, 2.05) is 0 Å². The molecular weight excluding hydrogens is 222 g/mol. The average molecular weight is 247 g/mol. The van der Waals surface area contributed by atoms with Crippen molar-refractivity contribution in [2.24, 2.45) is 17.3 Å². The standard InChI is InChI=1S/C16H25NO/c1-10(17-11-7-5-4-6-8-11)14-13(18)9-12-15(14)16(12,2)3/h11-12,15,17H,4-9H2,1-3H3. The molecule has 1 N–H and O–H groups in total. The molecule has 0 aliphatic heterocycles. The van der Waals surface area contributed by atoms with E-state index >= 15 is 0 Å². The van der Waals surface area contributed by atoms with Crippen molar-refractivity contribution in [1.82, 2.24) is 5.32 Å². The summed E-state index contributed by atoms with van der Waals surface area (Å²) in [7, 11) is 0. The second-order valence-corrected chi connectivity index (χ2v) is 7.05. The lowest BCUT2D eigenvalue weighted by molar-refractivity contribution is -0.115. The van der Waals surface area contributed by atoms with Crippen molar-refractivity contribution in [3.8, 4) is 0 Å². The summed E-state index contributed by atoms with van der Waals surface area (Å²) in [5, 5.41) is 3.64. The summed E-state index contributed by atoms with van der Waals surface area (Å²) in [5.74, 6) is 1.58. The molecule has 0 radical (unpaired) electrons. The van der Waals surface area contributed by atoms with E-state index in [9.17, 15) is 4.79 Å². The summed E-state index contributed by atoms with van der Waals surface area (Å²) < 4.78 is 0. The normalized spacial score (nSPS) is 37.4. The van der Waals surface area contributed by atoms with Crippen LogP contribution in [0.1, 0.15) is 59.3 Å². The lowest BCUT2D eigenvalue weighted by Crippen LogP contribution is -2.31. The van der Waals surface area contributed by atoms with Crippen LogP contribution >= 0.6 is 0 Å². The minimum atomic E-state index is 0.374. The fraction of sp³-hybridized carbons (Fsp3) is 0.812. The van der Waals surface area contributed by atoms with E-state index in [1.54, 1.807) is 0 Å². The Hall–Kier alpha value is -0.790. The third-order valence-corrected chi connectivity index (χ3v) is 5.50. The molecular formula is C16H25NO. The quantitative estimate of drug-likeness (QED) is 0.757. The third-order valence-electron chi connectivity index (χ3n) is 5.50. The van der Waals surface area contributed by atoms with Gasteiger partial charge in [-0.1, -0.05) is 33.1 Å². The lowest BCUT2D eigenvalue weighted by Gasteiger charge is -2.25. The van der Waals surface area contributed by atoms with Crippen molar-refractivity contribution in [2.45, 2.75) is 65.3 Å². The molecule has 3 aliphatic rings. The van der Waals surface area contributed by atoms with Gasteiger partial charge >= 0.3 is 0 Å². The smallest absolute Gasteiger partial charge is 0.161 e. The third kappa shape index (κ3) is 1.81. The number of hydrogen-bond acceptors (Lipinski definition) is 2. The minimum Gasteiger partial charge on any atom is -0.386 e. The van der Waals surface area contributed by atoms with Crippen LogP contribution in [0.5, 0.6) is 0 Å². The molecule has 3 aliphatic carbocycles. The molecule has 0 bridgehead atoms. The van der Waals surface area contributed by atoms with Gasteiger partial charge in [-0.3, -0.25) is 4.79 Å². The molecule has 0 spiro atoms. The number of rotatable bonds is 2. The average Bonchev–Trinajstić information content (AvgIpc) is 2.71. The van der Waals surface area contributed by atoms with E-state index in [1.165, 1.54) is 37.8 Å². The van der Waals surface area contributed by atoms with Gasteiger partial charge in [0.05, 0.1) is 0 Å². The summed E-state index contributed by atoms with van der Waals surface area (Å²) in [6, 6.07) is 0.611. The summed E-state index contributed by atoms with van der Waals surface area (Å²) in [5.41, 5.74) is 2.69. The maximum atomic E-state index is 12.1. The molecule has 100 valence electrons. The maximum Gasteiger partial charge on any atom is 0.161 e. The number of nitrogens with one attached hydrogen (secondary N) is 1. The van der Waals surface area contributed by atoms with Crippen LogP contribution < -0.4 is 5.32 Å². The first-order chi connectivity index (χ1) is 8.51. The van der Waals surface area contributed by atoms with Gasteiger partial charge in [-0.2, -0.15) is 0 Å². The number of hydrogen-bond donors (Lipinski definition) is 1. The predicted octanol–water partition coefficient (Wildman–Crippen LogP) is 3.43. The summed E-state index contributed by atoms with van der Waals surface area (Å²) in [6.07, 6.45) is 7.39. The highest BCUT2D eigenvalue weighted by atomic mass is 16.1. The number of fused-ring (bicyclic) bond motifs is 1. The topological polar surface area (TPSA) is 29.1 Å². The van der Waals surface area contributed by atoms with Crippen molar-refractivity contribution in [3.63, 3.8) is 0 Å². The molecule has 3 rings (SSSR count). The summed E-state index contributed by atoms with van der Waals surface area (Å²) >= 11 is 0. The molecule has 3 saturated carbocycles. The Kier molecular flexibility index (Phi) is 2.80. The Morgan fingerprint density at radius 1 is 1.22 bits per heavy atom. The van der Waals surface area contributed by atoms with Crippen LogP contribution in [0.4, 0.5) is 0 Å². The van der Waals surface area contributed by atoms with E-state index in [0.717, 1.165) is 12.0 Å². The Bertz CT molecular complexity index is 401. The van der Waals surface area contributed by atoms with Gasteiger partial charge in [0.25, 0.3) is 0 Å². The number of Topliss-reactive ketones (excluding diaryl/α,β-unsaturated/α-hetero) is 1. The van der Waals surface area contributed by atoms with Gasteiger partial charge in [0.2, 0.25) is 0 Å². The second kappa shape index (κ2) is 4.11. The highest BCUT2D eigenvalue weighted by Crippen LogP contribution is 2.68. The second-order valence-electron chi connectivity index (χ2n) is 7.05. The highest BCUT2D eigenvalue weighted by molar-refractivity contribution is 6.01. The molecule has 2 atom stereocenters. The Labute approximate surface area is 110 Å². The highest BCUT2D eigenvalue weighted by Gasteiger charge is 2.65. The molecule has 18 heavy (non-hydrogen) atoms. The fourth-order valence-electron chi connectivity index (χ4n) is 4.25. The van der Waals surface area contributed by atoms with Crippen LogP contribution in [0.2, 0.25) is 0 Å². The Morgan fingerprint density at radius 2 is 1.89 bits per heavy atom. The molecule has 2 nitrogen and oxygen atoms in total. The van der Waals surface area contributed by atoms with Crippen molar-refractivity contribution >= 4 is 5.78 Å². The van der Waals surface area contributed by atoms with Gasteiger partial charge in [-0.05, 0) is 37.0 Å². The van der Waals surface area contributed by atoms with Crippen LogP contribution in [0.25, 0.3) is 0 Å². The van der Waals surface area contributed by atoms with Gasteiger partial charge in [-0.25, -0.2) is 0 Å². The predicted molar refractivity (Wildman–Crippen MR) is 73.1 cm³/mol. The number of allylic oxidation sites excluding steroid dienone is 2. The summed E-state index contributed by atoms with van der Waals surface area (Å²) in [6.45, 7) is 6.74. The first-order valence-corrected chi connectivity index (χ1v) is 7.52. The molecule has 0 aromatic heterocycles. The first-order valence-electron chi connectivity index (χ1n) is 7.52. The van der Waals surface area contributed by atoms with Gasteiger partial charge in [0.1, 0.15) is 0 Å². The maximum absolute atomic E-state index is 12.1. The first kappa shape index (κ1) is 12.3. The Morgan fingerprint density at radius 3 is 2.50 bits per heavy atom. The van der Waals surface area contributed by atoms with Crippen molar-refractivity contribution in [2.75, 3.05) is 0 Å². The number of carbonyl (C=O) groups is 1. The molecule has 0 aromatic rings. The molecule has 0 heterocycles. The zero-order valence-corrected chi connectivity index (χ0v) is 11.9. The molecule has 0 amide bonds. The van der Waals surface area contributed by atoms with E-state index in [4.69, 9.17) is 0 Å². The number of ketones is 1. The van der Waals surface area contributed by atoms with E-state index < -0.39 is 0 Å². The van der Waals surface area contributed by atoms with E-state index in [0.29, 0.717) is 29.1 Å². The lowest BCUT2D eigenvalue weighted by atomic mass is 9.93. The van der Waals surface area contributed by atoms with Crippen molar-refractivity contribution in [3.05, 3.63) is 11.3 Å². The zero-order chi connectivity index (χ0) is 12.9. The van der Waals surface area contributed by atoms with Gasteiger partial charge in [0, 0.05) is 23.7 Å². The van der Waals surface area contributed by atoms with Crippen molar-refractivity contribution in [1.29, 1.82) is 0 Å². The number of carbonyl (C=O) groups excluding carboxylic acids is 1. The largest absolute Gasteiger partial charge is 0.386 e.